The lowest BCUT2D eigenvalue weighted by molar-refractivity contribution is 1.16. The fraction of sp³-hybridized carbons (Fsp3) is 0.211. The molecule has 2 heterocycles. The molecule has 23 heavy (non-hydrogen) atoms. The minimum Gasteiger partial charge on any atom is -0.324 e. The number of hydrogen-bond acceptors (Lipinski definition) is 4. The van der Waals surface area contributed by atoms with Gasteiger partial charge in [0.25, 0.3) is 0 Å². The summed E-state index contributed by atoms with van der Waals surface area (Å²) in [6, 6.07) is 12.0. The summed E-state index contributed by atoms with van der Waals surface area (Å²) in [6.45, 7) is 8.13. The smallest absolute Gasteiger partial charge is 0.227 e. The Hall–Kier alpha value is -2.75. The van der Waals surface area contributed by atoms with Crippen molar-refractivity contribution < 1.29 is 0 Å². The summed E-state index contributed by atoms with van der Waals surface area (Å²) in [5.41, 5.74) is 5.22. The molecule has 0 aliphatic rings. The van der Waals surface area contributed by atoms with Gasteiger partial charge in [-0.05, 0) is 49.2 Å². The highest BCUT2D eigenvalue weighted by atomic mass is 15.1. The van der Waals surface area contributed by atoms with Crippen molar-refractivity contribution in [1.82, 2.24) is 15.0 Å². The third-order valence-corrected chi connectivity index (χ3v) is 3.25. The maximum Gasteiger partial charge on any atom is 0.227 e. The van der Waals surface area contributed by atoms with Crippen molar-refractivity contribution in [3.05, 3.63) is 66.1 Å². The molecule has 0 fully saturated rings. The molecule has 0 bridgehead atoms. The molecule has 118 valence electrons. The second kappa shape index (κ2) is 8.03. The largest absolute Gasteiger partial charge is 0.324 e. The van der Waals surface area contributed by atoms with Crippen LogP contribution in [0.25, 0.3) is 11.3 Å². The van der Waals surface area contributed by atoms with Crippen LogP contribution < -0.4 is 5.32 Å². The molecule has 4 heteroatoms. The Kier molecular flexibility index (Phi) is 5.80. The maximum absolute atomic E-state index is 4.55. The number of nitrogens with zero attached hydrogens (tertiary/aromatic N) is 3. The van der Waals surface area contributed by atoms with E-state index < -0.39 is 0 Å². The van der Waals surface area contributed by atoms with Crippen LogP contribution in [0.4, 0.5) is 11.6 Å². The van der Waals surface area contributed by atoms with E-state index in [0.717, 1.165) is 22.5 Å². The Labute approximate surface area is 137 Å². The zero-order valence-corrected chi connectivity index (χ0v) is 14.0. The van der Waals surface area contributed by atoms with Gasteiger partial charge in [-0.25, -0.2) is 9.97 Å². The third-order valence-electron chi connectivity index (χ3n) is 3.25. The molecule has 2 aromatic heterocycles. The van der Waals surface area contributed by atoms with Gasteiger partial charge in [0.05, 0.1) is 5.69 Å². The molecule has 0 unspecified atom stereocenters. The summed E-state index contributed by atoms with van der Waals surface area (Å²) in [7, 11) is 0. The molecule has 1 aromatic carbocycles. The van der Waals surface area contributed by atoms with Crippen LogP contribution in [0, 0.1) is 13.8 Å². The minimum atomic E-state index is 0.588. The Morgan fingerprint density at radius 3 is 2.52 bits per heavy atom. The molecule has 0 saturated heterocycles. The van der Waals surface area contributed by atoms with Gasteiger partial charge in [0.2, 0.25) is 5.95 Å². The van der Waals surface area contributed by atoms with Crippen LogP contribution >= 0.6 is 0 Å². The fourth-order valence-corrected chi connectivity index (χ4v) is 2.08. The second-order valence-corrected chi connectivity index (χ2v) is 4.95. The van der Waals surface area contributed by atoms with E-state index in [4.69, 9.17) is 0 Å². The molecule has 3 rings (SSSR count). The SMILES string of the molecule is CC.Cc1ccc(C)c(Nc2nccc(-c3cccnc3)n2)c1. The standard InChI is InChI=1S/C17H16N4.C2H6/c1-12-5-6-13(2)16(10-12)21-17-19-9-7-15(20-17)14-4-3-8-18-11-14;1-2/h3-11H,1-2H3,(H,19,20,21);1-2H3. The molecule has 0 saturated carbocycles. The van der Waals surface area contributed by atoms with E-state index in [1.807, 2.05) is 32.0 Å². The number of anilines is 2. The Morgan fingerprint density at radius 2 is 1.78 bits per heavy atom. The topological polar surface area (TPSA) is 50.7 Å². The van der Waals surface area contributed by atoms with Gasteiger partial charge in [-0.1, -0.05) is 26.0 Å². The molecule has 0 amide bonds. The number of rotatable bonds is 3. The van der Waals surface area contributed by atoms with Crippen molar-refractivity contribution in [1.29, 1.82) is 0 Å². The summed E-state index contributed by atoms with van der Waals surface area (Å²) in [5, 5.41) is 3.28. The Balaban J connectivity index is 0.000000924. The quantitative estimate of drug-likeness (QED) is 0.745. The highest BCUT2D eigenvalue weighted by Crippen LogP contribution is 2.21. The predicted molar refractivity (Wildman–Crippen MR) is 95.8 cm³/mol. The van der Waals surface area contributed by atoms with Gasteiger partial charge in [-0.3, -0.25) is 4.98 Å². The van der Waals surface area contributed by atoms with E-state index in [-0.39, 0.29) is 0 Å². The summed E-state index contributed by atoms with van der Waals surface area (Å²) in [5.74, 6) is 0.588. The monoisotopic (exact) mass is 306 g/mol. The lowest BCUT2D eigenvalue weighted by Gasteiger charge is -2.10. The van der Waals surface area contributed by atoms with Gasteiger partial charge < -0.3 is 5.32 Å². The molecule has 0 radical (unpaired) electrons. The zero-order valence-electron chi connectivity index (χ0n) is 14.0. The number of benzene rings is 1. The summed E-state index contributed by atoms with van der Waals surface area (Å²) in [6.07, 6.45) is 5.30. The van der Waals surface area contributed by atoms with Crippen molar-refractivity contribution >= 4 is 11.6 Å². The number of nitrogens with one attached hydrogen (secondary N) is 1. The van der Waals surface area contributed by atoms with Gasteiger partial charge in [-0.2, -0.15) is 0 Å². The van der Waals surface area contributed by atoms with Gasteiger partial charge in [0.15, 0.2) is 0 Å². The molecular weight excluding hydrogens is 284 g/mol. The zero-order chi connectivity index (χ0) is 16.7. The van der Waals surface area contributed by atoms with Crippen molar-refractivity contribution in [2.75, 3.05) is 5.32 Å². The molecule has 0 aliphatic heterocycles. The summed E-state index contributed by atoms with van der Waals surface area (Å²) >= 11 is 0. The van der Waals surface area contributed by atoms with E-state index in [2.05, 4.69) is 52.3 Å². The first kappa shape index (κ1) is 16.6. The highest BCUT2D eigenvalue weighted by Gasteiger charge is 2.04. The summed E-state index contributed by atoms with van der Waals surface area (Å²) < 4.78 is 0. The molecule has 0 spiro atoms. The van der Waals surface area contributed by atoms with Crippen LogP contribution in [0.1, 0.15) is 25.0 Å². The van der Waals surface area contributed by atoms with E-state index in [0.29, 0.717) is 5.95 Å². The molecule has 3 aromatic rings. The fourth-order valence-electron chi connectivity index (χ4n) is 2.08. The highest BCUT2D eigenvalue weighted by molar-refractivity contribution is 5.63. The van der Waals surface area contributed by atoms with E-state index >= 15 is 0 Å². The predicted octanol–water partition coefficient (Wildman–Crippen LogP) is 4.93. The number of pyridine rings is 1. The van der Waals surface area contributed by atoms with Crippen molar-refractivity contribution in [2.24, 2.45) is 0 Å². The van der Waals surface area contributed by atoms with Crippen LogP contribution in [0.2, 0.25) is 0 Å². The van der Waals surface area contributed by atoms with Gasteiger partial charge in [0.1, 0.15) is 0 Å². The first-order valence-electron chi connectivity index (χ1n) is 7.80. The number of hydrogen-bond donors (Lipinski definition) is 1. The summed E-state index contributed by atoms with van der Waals surface area (Å²) in [4.78, 5) is 13.0. The van der Waals surface area contributed by atoms with E-state index in [9.17, 15) is 0 Å². The lowest BCUT2D eigenvalue weighted by Crippen LogP contribution is -1.99. The van der Waals surface area contributed by atoms with Crippen molar-refractivity contribution in [3.8, 4) is 11.3 Å². The Morgan fingerprint density at radius 1 is 0.957 bits per heavy atom. The number of aromatic nitrogens is 3. The molecule has 0 aliphatic carbocycles. The Bertz CT molecular complexity index is 754. The molecule has 0 atom stereocenters. The van der Waals surface area contributed by atoms with E-state index in [1.165, 1.54) is 5.56 Å². The minimum absolute atomic E-state index is 0.588. The van der Waals surface area contributed by atoms with Crippen molar-refractivity contribution in [3.63, 3.8) is 0 Å². The van der Waals surface area contributed by atoms with Crippen molar-refractivity contribution in [2.45, 2.75) is 27.7 Å². The van der Waals surface area contributed by atoms with E-state index in [1.54, 1.807) is 18.6 Å². The van der Waals surface area contributed by atoms with Gasteiger partial charge >= 0.3 is 0 Å². The third kappa shape index (κ3) is 4.36. The first-order valence-corrected chi connectivity index (χ1v) is 7.80. The normalized spacial score (nSPS) is 9.74. The maximum atomic E-state index is 4.55. The first-order chi connectivity index (χ1) is 11.2. The van der Waals surface area contributed by atoms with Gasteiger partial charge in [0, 0.05) is 29.8 Å². The second-order valence-electron chi connectivity index (χ2n) is 4.95. The molecule has 1 N–H and O–H groups in total. The molecular formula is C19H22N4. The van der Waals surface area contributed by atoms with Crippen LogP contribution in [-0.2, 0) is 0 Å². The van der Waals surface area contributed by atoms with Crippen LogP contribution in [-0.4, -0.2) is 15.0 Å². The average molecular weight is 306 g/mol. The average Bonchev–Trinajstić information content (AvgIpc) is 2.61. The molecule has 4 nitrogen and oxygen atoms in total. The van der Waals surface area contributed by atoms with Crippen LogP contribution in [0.3, 0.4) is 0 Å². The van der Waals surface area contributed by atoms with Crippen LogP contribution in [0.5, 0.6) is 0 Å². The van der Waals surface area contributed by atoms with Gasteiger partial charge in [-0.15, -0.1) is 0 Å². The van der Waals surface area contributed by atoms with Crippen LogP contribution in [0.15, 0.2) is 55.0 Å². The number of aryl methyl sites for hydroxylation is 2. The lowest BCUT2D eigenvalue weighted by atomic mass is 10.1.